The molecule has 0 spiro atoms. The Morgan fingerprint density at radius 2 is 1.91 bits per heavy atom. The summed E-state index contributed by atoms with van der Waals surface area (Å²) >= 11 is 0. The van der Waals surface area contributed by atoms with Gasteiger partial charge in [0.25, 0.3) is 11.5 Å². The Morgan fingerprint density at radius 1 is 1.19 bits per heavy atom. The molecule has 0 amide bonds. The molecule has 3 fully saturated rings. The van der Waals surface area contributed by atoms with Crippen molar-refractivity contribution in [3.63, 3.8) is 0 Å². The van der Waals surface area contributed by atoms with Crippen molar-refractivity contribution in [2.45, 2.75) is 62.3 Å². The third-order valence-corrected chi connectivity index (χ3v) is 7.59. The molecule has 0 aromatic carbocycles. The lowest BCUT2D eigenvalue weighted by molar-refractivity contribution is -0.0457. The Morgan fingerprint density at radius 3 is 2.56 bits per heavy atom. The summed E-state index contributed by atoms with van der Waals surface area (Å²) in [6.07, 6.45) is 0.402. The Bertz CT molecular complexity index is 1170. The summed E-state index contributed by atoms with van der Waals surface area (Å²) in [4.78, 5) is 29.2. The number of rotatable bonds is 3. The molecule has 11 heteroatoms. The highest BCUT2D eigenvalue weighted by Gasteiger charge is 2.52. The van der Waals surface area contributed by atoms with Crippen molar-refractivity contribution in [3.05, 3.63) is 31.4 Å². The van der Waals surface area contributed by atoms with Crippen LogP contribution in [0.2, 0.25) is 0 Å². The highest BCUT2D eigenvalue weighted by molar-refractivity contribution is 5.60. The Hall–Kier alpha value is -2.27. The molecule has 5 rings (SSSR count). The molecule has 5 N–H and O–H groups in total. The normalized spacial score (nSPS) is 34.7. The Kier molecular flexibility index (Phi) is 4.97. The zero-order valence-electron chi connectivity index (χ0n) is 17.8. The Balaban J connectivity index is 1.65. The van der Waals surface area contributed by atoms with E-state index < -0.39 is 41.3 Å². The number of fused-ring (bicyclic) bond motifs is 2. The van der Waals surface area contributed by atoms with Crippen LogP contribution in [0.5, 0.6) is 0 Å². The number of methoxy groups -OCH3 is 1. The minimum atomic E-state index is -2.97. The minimum absolute atomic E-state index is 0.0891. The molecule has 0 radical (unpaired) electrons. The van der Waals surface area contributed by atoms with Gasteiger partial charge in [0, 0.05) is 25.6 Å². The molecule has 1 saturated heterocycles. The van der Waals surface area contributed by atoms with Crippen LogP contribution in [0.1, 0.15) is 38.1 Å². The van der Waals surface area contributed by atoms with Gasteiger partial charge in [-0.2, -0.15) is 0 Å². The number of nitrogens with one attached hydrogen (secondary N) is 1. The number of aromatic amines is 1. The van der Waals surface area contributed by atoms with E-state index in [1.807, 2.05) is 0 Å². The van der Waals surface area contributed by atoms with Crippen LogP contribution in [-0.2, 0) is 4.74 Å². The average molecular weight is 455 g/mol. The van der Waals surface area contributed by atoms with Gasteiger partial charge in [-0.1, -0.05) is 0 Å². The molecule has 8 nitrogen and oxygen atoms in total. The van der Waals surface area contributed by atoms with Crippen LogP contribution in [0.4, 0.5) is 13.2 Å². The average Bonchev–Trinajstić information content (AvgIpc) is 3.49. The lowest BCUT2D eigenvalue weighted by Gasteiger charge is -2.35. The van der Waals surface area contributed by atoms with E-state index >= 15 is 4.39 Å². The van der Waals surface area contributed by atoms with Crippen LogP contribution in [0.25, 0.3) is 11.5 Å². The predicted molar refractivity (Wildman–Crippen MR) is 111 cm³/mol. The number of nitrogens with zero attached hydrogens (tertiary/aromatic N) is 2. The second-order valence-electron chi connectivity index (χ2n) is 9.51. The first-order valence-corrected chi connectivity index (χ1v) is 11.1. The number of H-pyrrole nitrogens is 1. The molecule has 0 bridgehead atoms. The number of hydrogen-bond acceptors (Lipinski definition) is 6. The number of ether oxygens (including phenoxy) is 1. The summed E-state index contributed by atoms with van der Waals surface area (Å²) in [5.41, 5.74) is 10.5. The van der Waals surface area contributed by atoms with Crippen LogP contribution in [-0.4, -0.2) is 58.8 Å². The first kappa shape index (κ1) is 21.6. The Labute approximate surface area is 181 Å². The maximum Gasteiger partial charge on any atom is 0.329 e. The van der Waals surface area contributed by atoms with E-state index in [1.165, 1.54) is 11.7 Å². The van der Waals surface area contributed by atoms with E-state index in [1.54, 1.807) is 4.90 Å². The fourth-order valence-electron chi connectivity index (χ4n) is 5.84. The van der Waals surface area contributed by atoms with Gasteiger partial charge >= 0.3 is 5.69 Å². The molecule has 5 unspecified atom stereocenters. The van der Waals surface area contributed by atoms with Crippen LogP contribution >= 0.6 is 0 Å². The van der Waals surface area contributed by atoms with Gasteiger partial charge < -0.3 is 16.2 Å². The van der Waals surface area contributed by atoms with Crippen LogP contribution in [0.15, 0.2) is 9.59 Å². The SMILES string of the molecule is COC1=c2c(c(=O)[nH]c(=O)n2C2CC2)=C(N)C(F)C1N1CC2CCCC(F)(F)C(N)C2C1. The van der Waals surface area contributed by atoms with E-state index in [0.717, 1.165) is 12.8 Å². The van der Waals surface area contributed by atoms with E-state index in [2.05, 4.69) is 4.98 Å². The van der Waals surface area contributed by atoms with Gasteiger partial charge in [-0.3, -0.25) is 19.2 Å². The number of nitrogens with two attached hydrogens (primary N) is 2. The molecule has 32 heavy (non-hydrogen) atoms. The second kappa shape index (κ2) is 7.38. The monoisotopic (exact) mass is 455 g/mol. The smallest absolute Gasteiger partial charge is 0.329 e. The van der Waals surface area contributed by atoms with Crippen molar-refractivity contribution >= 4 is 11.5 Å². The lowest BCUT2D eigenvalue weighted by atomic mass is 9.87. The van der Waals surface area contributed by atoms with Crippen molar-refractivity contribution in [1.82, 2.24) is 14.5 Å². The topological polar surface area (TPSA) is 119 Å². The van der Waals surface area contributed by atoms with Crippen molar-refractivity contribution in [2.24, 2.45) is 23.3 Å². The van der Waals surface area contributed by atoms with E-state index in [-0.39, 0.29) is 46.9 Å². The quantitative estimate of drug-likeness (QED) is 0.544. The van der Waals surface area contributed by atoms with Crippen LogP contribution < -0.4 is 33.3 Å². The molecule has 176 valence electrons. The van der Waals surface area contributed by atoms with Crippen molar-refractivity contribution < 1.29 is 17.9 Å². The van der Waals surface area contributed by atoms with Gasteiger partial charge in [-0.25, -0.2) is 18.0 Å². The van der Waals surface area contributed by atoms with Gasteiger partial charge in [0.05, 0.1) is 29.4 Å². The van der Waals surface area contributed by atoms with Crippen LogP contribution in [0.3, 0.4) is 0 Å². The molecule has 3 aliphatic carbocycles. The number of aromatic nitrogens is 2. The summed E-state index contributed by atoms with van der Waals surface area (Å²) in [5, 5.41) is 0.107. The maximum absolute atomic E-state index is 15.7. The van der Waals surface area contributed by atoms with Gasteiger partial charge in [-0.05, 0) is 37.5 Å². The van der Waals surface area contributed by atoms with Crippen LogP contribution in [0, 0.1) is 11.8 Å². The second-order valence-corrected chi connectivity index (χ2v) is 9.51. The molecule has 1 aromatic rings. The highest BCUT2D eigenvalue weighted by Crippen LogP contribution is 2.43. The third kappa shape index (κ3) is 3.12. The largest absolute Gasteiger partial charge is 0.497 e. The molecule has 2 saturated carbocycles. The molecular weight excluding hydrogens is 427 g/mol. The van der Waals surface area contributed by atoms with E-state index in [9.17, 15) is 18.4 Å². The van der Waals surface area contributed by atoms with Gasteiger partial charge in [-0.15, -0.1) is 0 Å². The minimum Gasteiger partial charge on any atom is -0.497 e. The van der Waals surface area contributed by atoms with Gasteiger partial charge in [0.2, 0.25) is 0 Å². The number of hydrogen-bond donors (Lipinski definition) is 3. The molecule has 5 atom stereocenters. The van der Waals surface area contributed by atoms with E-state index in [4.69, 9.17) is 16.2 Å². The summed E-state index contributed by atoms with van der Waals surface area (Å²) in [6, 6.07) is -2.46. The molecule has 2 heterocycles. The van der Waals surface area contributed by atoms with Gasteiger partial charge in [0.15, 0.2) is 6.17 Å². The molecule has 1 aliphatic heterocycles. The zero-order valence-corrected chi connectivity index (χ0v) is 17.8. The summed E-state index contributed by atoms with van der Waals surface area (Å²) in [7, 11) is 1.36. The summed E-state index contributed by atoms with van der Waals surface area (Å²) < 4.78 is 51.6. The highest BCUT2D eigenvalue weighted by atomic mass is 19.3. The molecular formula is C21H28F3N5O3. The predicted octanol–water partition coefficient (Wildman–Crippen LogP) is -0.892. The fourth-order valence-corrected chi connectivity index (χ4v) is 5.84. The van der Waals surface area contributed by atoms with E-state index in [0.29, 0.717) is 19.4 Å². The zero-order chi connectivity index (χ0) is 22.9. The summed E-state index contributed by atoms with van der Waals surface area (Å²) in [5.74, 6) is -3.43. The number of alkyl halides is 3. The molecule has 1 aromatic heterocycles. The molecule has 4 aliphatic rings. The van der Waals surface area contributed by atoms with Crippen molar-refractivity contribution in [3.8, 4) is 0 Å². The summed E-state index contributed by atoms with van der Waals surface area (Å²) in [6.45, 7) is 0.532. The first-order valence-electron chi connectivity index (χ1n) is 11.1. The first-order chi connectivity index (χ1) is 15.2. The number of halogens is 3. The maximum atomic E-state index is 15.7. The van der Waals surface area contributed by atoms with Crippen molar-refractivity contribution in [2.75, 3.05) is 20.2 Å². The van der Waals surface area contributed by atoms with Gasteiger partial charge in [0.1, 0.15) is 11.8 Å². The van der Waals surface area contributed by atoms with Crippen molar-refractivity contribution in [1.29, 1.82) is 0 Å². The lowest BCUT2D eigenvalue weighted by Crippen LogP contribution is -2.63. The standard InChI is InChI=1S/C21H28F3N5O3/c1-32-17-15-12(19(30)27-20(31)29(15)10-4-5-10)14(25)13(22)16(17)28-7-9-3-2-6-21(23,24)18(26)11(9)8-28/h9-11,13,16,18H,2-8,25-26H2,1H3,(H,27,30,31). The number of likely N-dealkylation sites (tertiary alicyclic amines) is 1. The third-order valence-electron chi connectivity index (χ3n) is 7.59. The fraction of sp³-hybridized carbons (Fsp3) is 0.714.